The van der Waals surface area contributed by atoms with Crippen molar-refractivity contribution in [2.24, 2.45) is 0 Å². The summed E-state index contributed by atoms with van der Waals surface area (Å²) in [6.07, 6.45) is 0. The summed E-state index contributed by atoms with van der Waals surface area (Å²) >= 11 is 6.04. The number of benzene rings is 1. The molecule has 0 saturated heterocycles. The predicted molar refractivity (Wildman–Crippen MR) is 53.1 cm³/mol. The number of rotatable bonds is 1. The van der Waals surface area contributed by atoms with Crippen LogP contribution in [0.1, 0.15) is 10.4 Å². The Morgan fingerprint density at radius 2 is 2.08 bits per heavy atom. The molecule has 0 bridgehead atoms. The molecule has 0 atom stereocenters. The lowest BCUT2D eigenvalue weighted by Gasteiger charge is -2.03. The van der Waals surface area contributed by atoms with Gasteiger partial charge in [-0.15, -0.1) is 0 Å². The topological polar surface area (TPSA) is 26.3 Å². The SMILES string of the molecule is COC(=O)c1cc(Br)cc(F)c1Br. The average Bonchev–Trinajstić information content (AvgIpc) is 2.10. The monoisotopic (exact) mass is 310 g/mol. The van der Waals surface area contributed by atoms with Gasteiger partial charge in [-0.05, 0) is 28.1 Å². The first-order valence-corrected chi connectivity index (χ1v) is 4.87. The van der Waals surface area contributed by atoms with Crippen LogP contribution in [-0.2, 0) is 4.74 Å². The van der Waals surface area contributed by atoms with E-state index in [1.54, 1.807) is 0 Å². The van der Waals surface area contributed by atoms with E-state index in [9.17, 15) is 9.18 Å². The van der Waals surface area contributed by atoms with Crippen LogP contribution in [0.4, 0.5) is 4.39 Å². The molecule has 1 aromatic rings. The van der Waals surface area contributed by atoms with Crippen LogP contribution in [0.15, 0.2) is 21.1 Å². The van der Waals surface area contributed by atoms with E-state index in [-0.39, 0.29) is 10.0 Å². The molecule has 0 N–H and O–H groups in total. The first-order valence-electron chi connectivity index (χ1n) is 3.29. The van der Waals surface area contributed by atoms with Crippen LogP contribution in [0, 0.1) is 5.82 Å². The summed E-state index contributed by atoms with van der Waals surface area (Å²) in [6, 6.07) is 2.75. The second-order valence-corrected chi connectivity index (χ2v) is 3.95. The van der Waals surface area contributed by atoms with Gasteiger partial charge >= 0.3 is 5.97 Å². The predicted octanol–water partition coefficient (Wildman–Crippen LogP) is 3.14. The van der Waals surface area contributed by atoms with Gasteiger partial charge < -0.3 is 4.74 Å². The third-order valence-corrected chi connectivity index (χ3v) is 2.66. The summed E-state index contributed by atoms with van der Waals surface area (Å²) in [5, 5.41) is 0. The van der Waals surface area contributed by atoms with Crippen LogP contribution in [0.2, 0.25) is 0 Å². The summed E-state index contributed by atoms with van der Waals surface area (Å²) in [5.74, 6) is -1.08. The van der Waals surface area contributed by atoms with E-state index in [1.165, 1.54) is 19.2 Å². The molecule has 0 heterocycles. The molecule has 70 valence electrons. The van der Waals surface area contributed by atoms with E-state index in [0.29, 0.717) is 4.47 Å². The van der Waals surface area contributed by atoms with E-state index >= 15 is 0 Å². The van der Waals surface area contributed by atoms with Crippen molar-refractivity contribution in [1.29, 1.82) is 0 Å². The van der Waals surface area contributed by atoms with Crippen molar-refractivity contribution in [3.8, 4) is 0 Å². The number of hydrogen-bond donors (Lipinski definition) is 0. The average molecular weight is 312 g/mol. The van der Waals surface area contributed by atoms with Crippen molar-refractivity contribution in [1.82, 2.24) is 0 Å². The molecule has 0 aromatic heterocycles. The van der Waals surface area contributed by atoms with Gasteiger partial charge in [-0.3, -0.25) is 0 Å². The second-order valence-electron chi connectivity index (χ2n) is 2.24. The molecule has 0 unspecified atom stereocenters. The van der Waals surface area contributed by atoms with Gasteiger partial charge in [-0.1, -0.05) is 15.9 Å². The molecule has 0 aliphatic carbocycles. The zero-order chi connectivity index (χ0) is 10.0. The Morgan fingerprint density at radius 1 is 1.46 bits per heavy atom. The van der Waals surface area contributed by atoms with Crippen molar-refractivity contribution in [2.45, 2.75) is 0 Å². The summed E-state index contributed by atoms with van der Waals surface area (Å²) in [7, 11) is 1.24. The molecular weight excluding hydrogens is 307 g/mol. The molecule has 0 spiro atoms. The van der Waals surface area contributed by atoms with Gasteiger partial charge in [0, 0.05) is 4.47 Å². The number of carbonyl (C=O) groups excluding carboxylic acids is 1. The van der Waals surface area contributed by atoms with Gasteiger partial charge in [-0.2, -0.15) is 0 Å². The third-order valence-electron chi connectivity index (χ3n) is 1.40. The Morgan fingerprint density at radius 3 is 2.62 bits per heavy atom. The molecular formula is C8H5Br2FO2. The molecule has 0 aliphatic heterocycles. The molecule has 0 aliphatic rings. The molecule has 0 radical (unpaired) electrons. The quantitative estimate of drug-likeness (QED) is 0.588. The fourth-order valence-corrected chi connectivity index (χ4v) is 1.64. The van der Waals surface area contributed by atoms with E-state index in [1.807, 2.05) is 0 Å². The molecule has 5 heteroatoms. The number of halogens is 3. The lowest BCUT2D eigenvalue weighted by atomic mass is 10.2. The maximum atomic E-state index is 13.1. The standard InChI is InChI=1S/C8H5Br2FO2/c1-13-8(12)5-2-4(9)3-6(11)7(5)10/h2-3H,1H3. The second kappa shape index (κ2) is 4.19. The summed E-state index contributed by atoms with van der Waals surface area (Å²) in [4.78, 5) is 11.1. The first-order chi connectivity index (χ1) is 6.06. The van der Waals surface area contributed by atoms with E-state index < -0.39 is 11.8 Å². The van der Waals surface area contributed by atoms with Gasteiger partial charge in [0.25, 0.3) is 0 Å². The van der Waals surface area contributed by atoms with E-state index in [4.69, 9.17) is 0 Å². The van der Waals surface area contributed by atoms with Gasteiger partial charge in [0.15, 0.2) is 0 Å². The highest BCUT2D eigenvalue weighted by Gasteiger charge is 2.14. The Labute approximate surface area is 91.3 Å². The van der Waals surface area contributed by atoms with Crippen LogP contribution < -0.4 is 0 Å². The lowest BCUT2D eigenvalue weighted by molar-refractivity contribution is 0.0599. The van der Waals surface area contributed by atoms with Crippen molar-refractivity contribution in [3.05, 3.63) is 32.5 Å². The van der Waals surface area contributed by atoms with Crippen LogP contribution in [0.5, 0.6) is 0 Å². The molecule has 0 fully saturated rings. The number of esters is 1. The molecule has 0 amide bonds. The highest BCUT2D eigenvalue weighted by atomic mass is 79.9. The summed E-state index contributed by atoms with van der Waals surface area (Å²) in [5.41, 5.74) is 0.161. The highest BCUT2D eigenvalue weighted by Crippen LogP contribution is 2.25. The Kier molecular flexibility index (Phi) is 3.44. The smallest absolute Gasteiger partial charge is 0.339 e. The fraction of sp³-hybridized carbons (Fsp3) is 0.125. The van der Waals surface area contributed by atoms with E-state index in [2.05, 4.69) is 36.6 Å². The van der Waals surface area contributed by atoms with Crippen LogP contribution in [0.25, 0.3) is 0 Å². The maximum absolute atomic E-state index is 13.1. The summed E-state index contributed by atoms with van der Waals surface area (Å²) < 4.78 is 18.1. The summed E-state index contributed by atoms with van der Waals surface area (Å²) in [6.45, 7) is 0. The van der Waals surface area contributed by atoms with E-state index in [0.717, 1.165) is 0 Å². The van der Waals surface area contributed by atoms with Gasteiger partial charge in [-0.25, -0.2) is 9.18 Å². The van der Waals surface area contributed by atoms with Crippen LogP contribution in [-0.4, -0.2) is 13.1 Å². The minimum atomic E-state index is -0.577. The van der Waals surface area contributed by atoms with Crippen molar-refractivity contribution < 1.29 is 13.9 Å². The van der Waals surface area contributed by atoms with Gasteiger partial charge in [0.1, 0.15) is 5.82 Å². The maximum Gasteiger partial charge on any atom is 0.339 e. The Hall–Kier alpha value is -0.420. The number of ether oxygens (including phenoxy) is 1. The number of carbonyl (C=O) groups is 1. The zero-order valence-electron chi connectivity index (χ0n) is 6.61. The van der Waals surface area contributed by atoms with Gasteiger partial charge in [0.2, 0.25) is 0 Å². The zero-order valence-corrected chi connectivity index (χ0v) is 9.78. The Bertz CT molecular complexity index is 352. The first kappa shape index (κ1) is 10.7. The molecule has 13 heavy (non-hydrogen) atoms. The van der Waals surface area contributed by atoms with Crippen molar-refractivity contribution >= 4 is 37.8 Å². The molecule has 1 aromatic carbocycles. The van der Waals surface area contributed by atoms with Gasteiger partial charge in [0.05, 0.1) is 17.1 Å². The molecule has 0 saturated carbocycles. The molecule has 2 nitrogen and oxygen atoms in total. The minimum absolute atomic E-state index is 0.113. The normalized spacial score (nSPS) is 9.85. The van der Waals surface area contributed by atoms with Crippen LogP contribution >= 0.6 is 31.9 Å². The third kappa shape index (κ3) is 2.28. The largest absolute Gasteiger partial charge is 0.465 e. The lowest BCUT2D eigenvalue weighted by Crippen LogP contribution is -2.03. The van der Waals surface area contributed by atoms with Crippen molar-refractivity contribution in [3.63, 3.8) is 0 Å². The molecule has 1 rings (SSSR count). The number of methoxy groups -OCH3 is 1. The van der Waals surface area contributed by atoms with Crippen molar-refractivity contribution in [2.75, 3.05) is 7.11 Å². The Balaban J connectivity index is 3.28. The van der Waals surface area contributed by atoms with Crippen LogP contribution in [0.3, 0.4) is 0 Å². The minimum Gasteiger partial charge on any atom is -0.465 e. The highest BCUT2D eigenvalue weighted by molar-refractivity contribution is 9.11. The fourth-order valence-electron chi connectivity index (χ4n) is 0.814. The number of hydrogen-bond acceptors (Lipinski definition) is 2.